The average molecular weight is 997 g/mol. The van der Waals surface area contributed by atoms with Gasteiger partial charge in [0.2, 0.25) is 5.88 Å². The number of ether oxygens (including phenoxy) is 3. The van der Waals surface area contributed by atoms with Crippen LogP contribution in [0.4, 0.5) is 34.6 Å². The van der Waals surface area contributed by atoms with Crippen molar-refractivity contribution in [2.45, 2.75) is 45.1 Å². The van der Waals surface area contributed by atoms with Crippen LogP contribution in [-0.2, 0) is 6.61 Å². The molecule has 2 fully saturated rings. The molecule has 0 amide bonds. The standard InChI is InChI=1S/C59H56N12O4/c1-73-44-27-23-40(24-28-44)48-54(64-56-52(68-33-13-5-14-34-68)50(66-70(56)58(48)72)42-17-7-3-8-18-42)63-47-31-22-39(37-61-47)38-75-59-49(41-25-29-45(74-2)30-26-41)55(62-46-21-11-12-32-60-46)65-57-53(69-35-15-6-16-36-69)51(67-71(57)59)43-19-9-4-10-20-43/h3-4,7-12,17-32,37,64H,5-6,13-16,33-36,38H2,1-2H3,(H,61,63)(H,60,62,65). The molecule has 2 saturated heterocycles. The van der Waals surface area contributed by atoms with Gasteiger partial charge in [-0.25, -0.2) is 15.0 Å². The second-order valence-electron chi connectivity index (χ2n) is 18.8. The maximum Gasteiger partial charge on any atom is 0.284 e. The fourth-order valence-corrected chi connectivity index (χ4v) is 10.3. The minimum Gasteiger partial charge on any atom is -0.497 e. The fourth-order valence-electron chi connectivity index (χ4n) is 10.3. The topological polar surface area (TPSA) is 164 Å². The molecule has 2 aliphatic heterocycles. The Balaban J connectivity index is 0.955. The molecular formula is C59H56N12O4. The van der Waals surface area contributed by atoms with E-state index in [-0.39, 0.29) is 12.2 Å². The number of nitrogens with zero attached hydrogens (tertiary/aromatic N) is 9. The molecule has 376 valence electrons. The molecule has 3 N–H and O–H groups in total. The molecule has 0 radical (unpaired) electrons. The van der Waals surface area contributed by atoms with Crippen molar-refractivity contribution in [1.82, 2.24) is 39.2 Å². The maximum atomic E-state index is 14.9. The summed E-state index contributed by atoms with van der Waals surface area (Å²) < 4.78 is 21.5. The summed E-state index contributed by atoms with van der Waals surface area (Å²) in [5.74, 6) is 4.09. The van der Waals surface area contributed by atoms with Crippen molar-refractivity contribution >= 4 is 45.9 Å². The second kappa shape index (κ2) is 20.7. The van der Waals surface area contributed by atoms with Crippen LogP contribution in [0.25, 0.3) is 56.1 Å². The predicted molar refractivity (Wildman–Crippen MR) is 295 cm³/mol. The molecule has 0 spiro atoms. The van der Waals surface area contributed by atoms with Gasteiger partial charge < -0.3 is 39.6 Å². The number of anilines is 6. The summed E-state index contributed by atoms with van der Waals surface area (Å²) in [7, 11) is 3.28. The first-order chi connectivity index (χ1) is 37.0. The highest BCUT2D eigenvalue weighted by atomic mass is 16.5. The van der Waals surface area contributed by atoms with Crippen molar-refractivity contribution < 1.29 is 14.2 Å². The highest BCUT2D eigenvalue weighted by Crippen LogP contribution is 2.44. The van der Waals surface area contributed by atoms with Gasteiger partial charge in [0, 0.05) is 55.3 Å². The Bertz CT molecular complexity index is 3650. The molecule has 16 nitrogen and oxygen atoms in total. The molecule has 75 heavy (non-hydrogen) atoms. The summed E-state index contributed by atoms with van der Waals surface area (Å²) in [6.45, 7) is 3.62. The average Bonchev–Trinajstić information content (AvgIpc) is 4.06. The van der Waals surface area contributed by atoms with E-state index in [2.05, 4.69) is 42.5 Å². The number of hydrogen-bond acceptors (Lipinski definition) is 13. The lowest BCUT2D eigenvalue weighted by Gasteiger charge is -2.28. The van der Waals surface area contributed by atoms with Crippen molar-refractivity contribution in [2.75, 3.05) is 60.8 Å². The van der Waals surface area contributed by atoms with Crippen LogP contribution < -0.4 is 40.2 Å². The van der Waals surface area contributed by atoms with Gasteiger partial charge in [-0.15, -0.1) is 0 Å². The Labute approximate surface area is 433 Å². The van der Waals surface area contributed by atoms with Crippen LogP contribution in [0.1, 0.15) is 44.1 Å². The number of rotatable bonds is 15. The minimum atomic E-state index is -0.271. The van der Waals surface area contributed by atoms with Crippen molar-refractivity contribution in [1.29, 1.82) is 0 Å². The molecule has 0 saturated carbocycles. The summed E-state index contributed by atoms with van der Waals surface area (Å²) in [5, 5.41) is 17.5. The molecule has 16 heteroatoms. The van der Waals surface area contributed by atoms with Crippen molar-refractivity contribution in [3.63, 3.8) is 0 Å². The van der Waals surface area contributed by atoms with Crippen molar-refractivity contribution in [2.24, 2.45) is 0 Å². The van der Waals surface area contributed by atoms with Crippen LogP contribution in [0.2, 0.25) is 0 Å². The third-order valence-corrected chi connectivity index (χ3v) is 14.0. The summed E-state index contributed by atoms with van der Waals surface area (Å²) in [6, 6.07) is 45.3. The zero-order valence-corrected chi connectivity index (χ0v) is 41.9. The number of aromatic nitrogens is 8. The zero-order valence-electron chi connectivity index (χ0n) is 41.9. The minimum absolute atomic E-state index is 0.134. The summed E-state index contributed by atoms with van der Waals surface area (Å²) in [5.41, 5.74) is 9.77. The van der Waals surface area contributed by atoms with Crippen molar-refractivity contribution in [3.8, 4) is 62.1 Å². The molecule has 4 aromatic carbocycles. The molecule has 6 aromatic heterocycles. The van der Waals surface area contributed by atoms with Gasteiger partial charge in [-0.05, 0) is 92.1 Å². The Morgan fingerprint density at radius 2 is 1.13 bits per heavy atom. The molecular weight excluding hydrogens is 941 g/mol. The highest BCUT2D eigenvalue weighted by molar-refractivity contribution is 5.92. The molecule has 0 bridgehead atoms. The van der Waals surface area contributed by atoms with Gasteiger partial charge in [0.1, 0.15) is 64.1 Å². The van der Waals surface area contributed by atoms with Gasteiger partial charge in [0.25, 0.3) is 5.56 Å². The van der Waals surface area contributed by atoms with Crippen LogP contribution >= 0.6 is 0 Å². The maximum absolute atomic E-state index is 14.9. The fraction of sp³-hybridized carbons (Fsp3) is 0.220. The molecule has 8 heterocycles. The number of benzene rings is 4. The lowest BCUT2D eigenvalue weighted by Crippen LogP contribution is -2.30. The number of aromatic amines is 1. The summed E-state index contributed by atoms with van der Waals surface area (Å²) in [4.78, 5) is 38.4. The smallest absolute Gasteiger partial charge is 0.284 e. The largest absolute Gasteiger partial charge is 0.497 e. The van der Waals surface area contributed by atoms with E-state index in [1.54, 1.807) is 26.6 Å². The molecule has 2 aliphatic rings. The molecule has 0 unspecified atom stereocenters. The van der Waals surface area contributed by atoms with Gasteiger partial charge in [-0.2, -0.15) is 19.2 Å². The molecule has 12 rings (SSSR count). The number of methoxy groups -OCH3 is 2. The van der Waals surface area contributed by atoms with Gasteiger partial charge in [-0.1, -0.05) is 97.1 Å². The number of piperidine rings is 2. The van der Waals surface area contributed by atoms with E-state index >= 15 is 0 Å². The van der Waals surface area contributed by atoms with E-state index in [1.807, 2.05) is 132 Å². The second-order valence-corrected chi connectivity index (χ2v) is 18.8. The lowest BCUT2D eigenvalue weighted by molar-refractivity contribution is 0.287. The Kier molecular flexibility index (Phi) is 13.0. The van der Waals surface area contributed by atoms with E-state index in [9.17, 15) is 4.79 Å². The van der Waals surface area contributed by atoms with Gasteiger partial charge >= 0.3 is 0 Å². The van der Waals surface area contributed by atoms with E-state index < -0.39 is 0 Å². The Morgan fingerprint density at radius 1 is 0.560 bits per heavy atom. The van der Waals surface area contributed by atoms with Crippen LogP contribution in [0.3, 0.4) is 0 Å². The van der Waals surface area contributed by atoms with Crippen LogP contribution in [0, 0.1) is 0 Å². The first kappa shape index (κ1) is 46.9. The van der Waals surface area contributed by atoms with E-state index in [1.165, 1.54) is 10.9 Å². The van der Waals surface area contributed by atoms with Crippen LogP contribution in [0.15, 0.2) is 157 Å². The van der Waals surface area contributed by atoms with E-state index in [0.717, 1.165) is 109 Å². The van der Waals surface area contributed by atoms with Crippen LogP contribution in [-0.4, -0.2) is 79.6 Å². The SMILES string of the molecule is COc1ccc(-c2c(Nc3ccccn3)nc3c(N4CCCCC4)c(-c4ccccc4)nn3c2OCc2ccc(Nc3[nH]c4c(N5CCCCC5)c(-c5ccccc5)nn4c(=O)c3-c3ccc(OC)cc3)nc2)cc1. The quantitative estimate of drug-likeness (QED) is 0.0890. The van der Waals surface area contributed by atoms with Gasteiger partial charge in [0.05, 0.1) is 25.3 Å². The first-order valence-electron chi connectivity index (χ1n) is 25.6. The number of H-pyrrole nitrogens is 1. The number of fused-ring (bicyclic) bond motifs is 2. The third kappa shape index (κ3) is 9.30. The summed E-state index contributed by atoms with van der Waals surface area (Å²) in [6.07, 6.45) is 10.1. The Morgan fingerprint density at radius 3 is 1.72 bits per heavy atom. The van der Waals surface area contributed by atoms with Gasteiger partial charge in [-0.3, -0.25) is 4.79 Å². The first-order valence-corrected chi connectivity index (χ1v) is 25.6. The monoisotopic (exact) mass is 996 g/mol. The molecule has 0 aliphatic carbocycles. The van der Waals surface area contributed by atoms with E-state index in [0.29, 0.717) is 62.9 Å². The zero-order chi connectivity index (χ0) is 50.7. The van der Waals surface area contributed by atoms with Crippen LogP contribution in [0.5, 0.6) is 17.4 Å². The Hall–Kier alpha value is -9.18. The highest BCUT2D eigenvalue weighted by Gasteiger charge is 2.30. The predicted octanol–water partition coefficient (Wildman–Crippen LogP) is 11.6. The lowest BCUT2D eigenvalue weighted by atomic mass is 10.1. The number of pyridine rings is 2. The number of hydrogen-bond donors (Lipinski definition) is 3. The van der Waals surface area contributed by atoms with Gasteiger partial charge in [0.15, 0.2) is 11.3 Å². The molecule has 0 atom stereocenters. The number of nitrogens with one attached hydrogen (secondary N) is 3. The molecule has 10 aromatic rings. The normalized spacial score (nSPS) is 13.8. The summed E-state index contributed by atoms with van der Waals surface area (Å²) >= 11 is 0. The van der Waals surface area contributed by atoms with Crippen molar-refractivity contribution in [3.05, 3.63) is 168 Å². The van der Waals surface area contributed by atoms with E-state index in [4.69, 9.17) is 34.4 Å². The third-order valence-electron chi connectivity index (χ3n) is 14.0.